The van der Waals surface area contributed by atoms with Crippen molar-refractivity contribution in [2.24, 2.45) is 0 Å². The van der Waals surface area contributed by atoms with E-state index in [-0.39, 0.29) is 5.91 Å². The minimum Gasteiger partial charge on any atom is -0.326 e. The fourth-order valence-electron chi connectivity index (χ4n) is 3.37. The zero-order valence-corrected chi connectivity index (χ0v) is 17.5. The van der Waals surface area contributed by atoms with E-state index in [1.807, 2.05) is 6.07 Å². The van der Waals surface area contributed by atoms with Crippen molar-refractivity contribution in [1.82, 2.24) is 0 Å². The number of nitrogens with one attached hydrogen (secondary N) is 1. The molecule has 1 amide bonds. The van der Waals surface area contributed by atoms with Gasteiger partial charge >= 0.3 is 6.18 Å². The molecule has 0 atom stereocenters. The van der Waals surface area contributed by atoms with Gasteiger partial charge in [-0.15, -0.1) is 0 Å². The van der Waals surface area contributed by atoms with Crippen LogP contribution in [0.5, 0.6) is 0 Å². The van der Waals surface area contributed by atoms with E-state index in [4.69, 9.17) is 0 Å². The molecule has 6 heteroatoms. The molecule has 1 heterocycles. The number of aryl methyl sites for hydroxylation is 1. The van der Waals surface area contributed by atoms with Crippen molar-refractivity contribution < 1.29 is 22.5 Å². The number of carbonyl (C=O) groups excluding carboxylic acids is 1. The topological polar surface area (TPSA) is 33.0 Å². The minimum absolute atomic E-state index is 0.147. The second-order valence-electron chi connectivity index (χ2n) is 7.67. The van der Waals surface area contributed by atoms with Gasteiger partial charge in [-0.25, -0.2) is 4.57 Å². The van der Waals surface area contributed by atoms with Crippen molar-refractivity contribution in [2.45, 2.75) is 76.9 Å². The molecule has 0 aliphatic heterocycles. The number of rotatable bonds is 13. The third-order valence-electron chi connectivity index (χ3n) is 5.09. The molecule has 0 unspecified atom stereocenters. The van der Waals surface area contributed by atoms with Crippen LogP contribution in [-0.4, -0.2) is 5.91 Å². The fourth-order valence-corrected chi connectivity index (χ4v) is 3.37. The van der Waals surface area contributed by atoms with E-state index in [1.165, 1.54) is 50.7 Å². The van der Waals surface area contributed by atoms with Crippen LogP contribution >= 0.6 is 0 Å². The second-order valence-corrected chi connectivity index (χ2v) is 7.67. The van der Waals surface area contributed by atoms with Gasteiger partial charge in [-0.1, -0.05) is 44.6 Å². The standard InChI is InChI=1S/C24H31F3N2O/c25-24(26,27)21-14-16-22(17-15-21)28-23(30)13-9-6-4-2-1-3-5-7-10-18-29-19-11-8-12-20-29/h8,11-12,14-17,19-20H,1-7,9-10,13,18H2/p+1. The monoisotopic (exact) mass is 421 g/mol. The van der Waals surface area contributed by atoms with Gasteiger partial charge in [0.1, 0.15) is 6.54 Å². The summed E-state index contributed by atoms with van der Waals surface area (Å²) in [6, 6.07) is 10.7. The maximum Gasteiger partial charge on any atom is 0.416 e. The van der Waals surface area contributed by atoms with Crippen LogP contribution in [0.4, 0.5) is 18.9 Å². The summed E-state index contributed by atoms with van der Waals surface area (Å²) in [5, 5.41) is 2.66. The predicted molar refractivity (Wildman–Crippen MR) is 113 cm³/mol. The lowest BCUT2D eigenvalue weighted by atomic mass is 10.1. The van der Waals surface area contributed by atoms with Gasteiger partial charge in [0.05, 0.1) is 5.56 Å². The molecule has 2 aromatic rings. The van der Waals surface area contributed by atoms with Crippen molar-refractivity contribution in [2.75, 3.05) is 5.32 Å². The van der Waals surface area contributed by atoms with E-state index < -0.39 is 11.7 Å². The molecule has 0 saturated heterocycles. The first kappa shape index (κ1) is 23.9. The lowest BCUT2D eigenvalue weighted by Crippen LogP contribution is -2.32. The van der Waals surface area contributed by atoms with Crippen LogP contribution in [0.1, 0.15) is 69.8 Å². The van der Waals surface area contributed by atoms with Crippen LogP contribution in [0.25, 0.3) is 0 Å². The second kappa shape index (κ2) is 13.0. The summed E-state index contributed by atoms with van der Waals surface area (Å²) in [6.45, 7) is 1.08. The molecule has 0 saturated carbocycles. The maximum atomic E-state index is 12.5. The van der Waals surface area contributed by atoms with Crippen LogP contribution in [0.15, 0.2) is 54.9 Å². The molecule has 0 aliphatic carbocycles. The summed E-state index contributed by atoms with van der Waals surface area (Å²) >= 11 is 0. The number of nitrogens with zero attached hydrogens (tertiary/aromatic N) is 1. The first-order chi connectivity index (χ1) is 14.4. The number of amides is 1. The van der Waals surface area contributed by atoms with Gasteiger partial charge in [0.2, 0.25) is 5.91 Å². The van der Waals surface area contributed by atoms with E-state index in [0.29, 0.717) is 12.1 Å². The van der Waals surface area contributed by atoms with Crippen molar-refractivity contribution >= 4 is 11.6 Å². The van der Waals surface area contributed by atoms with Gasteiger partial charge in [0, 0.05) is 30.7 Å². The number of carbonyl (C=O) groups is 1. The molecule has 3 nitrogen and oxygen atoms in total. The van der Waals surface area contributed by atoms with E-state index in [9.17, 15) is 18.0 Å². The summed E-state index contributed by atoms with van der Waals surface area (Å²) in [5.74, 6) is -0.147. The van der Waals surface area contributed by atoms with E-state index in [0.717, 1.165) is 37.9 Å². The lowest BCUT2D eigenvalue weighted by molar-refractivity contribution is -0.697. The number of hydrogen-bond donors (Lipinski definition) is 1. The van der Waals surface area contributed by atoms with E-state index in [2.05, 4.69) is 34.4 Å². The number of benzene rings is 1. The van der Waals surface area contributed by atoms with Crippen LogP contribution in [0, 0.1) is 0 Å². The summed E-state index contributed by atoms with van der Waals surface area (Å²) in [6.07, 6.45) is 10.6. The van der Waals surface area contributed by atoms with Crippen molar-refractivity contribution in [3.63, 3.8) is 0 Å². The molecule has 0 spiro atoms. The highest BCUT2D eigenvalue weighted by atomic mass is 19.4. The number of hydrogen-bond acceptors (Lipinski definition) is 1. The van der Waals surface area contributed by atoms with Crippen molar-refractivity contribution in [1.29, 1.82) is 0 Å². The van der Waals surface area contributed by atoms with Gasteiger partial charge in [0.15, 0.2) is 12.4 Å². The Kier molecular flexibility index (Phi) is 10.4. The summed E-state index contributed by atoms with van der Waals surface area (Å²) in [4.78, 5) is 11.9. The predicted octanol–water partition coefficient (Wildman–Crippen LogP) is 6.53. The number of anilines is 1. The third kappa shape index (κ3) is 9.90. The Labute approximate surface area is 177 Å². The Morgan fingerprint density at radius 2 is 1.30 bits per heavy atom. The first-order valence-corrected chi connectivity index (χ1v) is 10.9. The van der Waals surface area contributed by atoms with Crippen molar-refractivity contribution in [3.8, 4) is 0 Å². The number of alkyl halides is 3. The SMILES string of the molecule is O=C(CCCCCCCCCCC[n+]1ccccc1)Nc1ccc(C(F)(F)F)cc1. The van der Waals surface area contributed by atoms with Gasteiger partial charge in [0.25, 0.3) is 0 Å². The molecule has 1 N–H and O–H groups in total. The largest absolute Gasteiger partial charge is 0.416 e. The zero-order chi connectivity index (χ0) is 21.7. The van der Waals surface area contributed by atoms with Gasteiger partial charge in [-0.05, 0) is 37.1 Å². The van der Waals surface area contributed by atoms with Crippen molar-refractivity contribution in [3.05, 3.63) is 60.4 Å². The average Bonchev–Trinajstić information content (AvgIpc) is 2.72. The number of unbranched alkanes of at least 4 members (excludes halogenated alkanes) is 8. The highest BCUT2D eigenvalue weighted by Crippen LogP contribution is 2.29. The normalized spacial score (nSPS) is 11.4. The molecule has 2 rings (SSSR count). The van der Waals surface area contributed by atoms with Crippen LogP contribution in [-0.2, 0) is 17.5 Å². The van der Waals surface area contributed by atoms with Crippen LogP contribution in [0.2, 0.25) is 0 Å². The Morgan fingerprint density at radius 3 is 1.87 bits per heavy atom. The Bertz CT molecular complexity index is 730. The zero-order valence-electron chi connectivity index (χ0n) is 17.5. The molecule has 164 valence electrons. The fraction of sp³-hybridized carbons (Fsp3) is 0.500. The summed E-state index contributed by atoms with van der Waals surface area (Å²) in [7, 11) is 0. The molecule has 0 bridgehead atoms. The average molecular weight is 422 g/mol. The highest BCUT2D eigenvalue weighted by molar-refractivity contribution is 5.90. The molecule has 1 aromatic carbocycles. The molecule has 0 fully saturated rings. The third-order valence-corrected chi connectivity index (χ3v) is 5.09. The molecule has 1 aromatic heterocycles. The molecular formula is C24H32F3N2O+. The summed E-state index contributed by atoms with van der Waals surface area (Å²) in [5.41, 5.74) is -0.311. The van der Waals surface area contributed by atoms with Crippen LogP contribution in [0.3, 0.4) is 0 Å². The smallest absolute Gasteiger partial charge is 0.326 e. The Morgan fingerprint density at radius 1 is 0.767 bits per heavy atom. The Hall–Kier alpha value is -2.37. The lowest BCUT2D eigenvalue weighted by Gasteiger charge is -2.09. The molecule has 0 radical (unpaired) electrons. The number of pyridine rings is 1. The summed E-state index contributed by atoms with van der Waals surface area (Å²) < 4.78 is 39.8. The van der Waals surface area contributed by atoms with Gasteiger partial charge < -0.3 is 5.32 Å². The Balaban J connectivity index is 1.42. The molecule has 30 heavy (non-hydrogen) atoms. The van der Waals surface area contributed by atoms with Crippen LogP contribution < -0.4 is 9.88 Å². The molecular weight excluding hydrogens is 389 g/mol. The van der Waals surface area contributed by atoms with E-state index in [1.54, 1.807) is 0 Å². The number of halogens is 3. The minimum atomic E-state index is -4.36. The first-order valence-electron chi connectivity index (χ1n) is 10.9. The van der Waals surface area contributed by atoms with Gasteiger partial charge in [-0.2, -0.15) is 13.2 Å². The van der Waals surface area contributed by atoms with Gasteiger partial charge in [-0.3, -0.25) is 4.79 Å². The quantitative estimate of drug-likeness (QED) is 0.289. The maximum absolute atomic E-state index is 12.5. The highest BCUT2D eigenvalue weighted by Gasteiger charge is 2.29. The molecule has 0 aliphatic rings. The van der Waals surface area contributed by atoms with E-state index >= 15 is 0 Å². The number of aromatic nitrogens is 1.